The minimum absolute atomic E-state index is 0.0663. The van der Waals surface area contributed by atoms with Gasteiger partial charge in [0.2, 0.25) is 11.8 Å². The molecule has 1 unspecified atom stereocenters. The van der Waals surface area contributed by atoms with Gasteiger partial charge in [0.1, 0.15) is 11.8 Å². The van der Waals surface area contributed by atoms with E-state index >= 15 is 0 Å². The van der Waals surface area contributed by atoms with Crippen LogP contribution >= 0.6 is 0 Å². The molecule has 80 valence electrons. The number of aromatic nitrogens is 5. The molecule has 2 aromatic rings. The molecule has 0 saturated carbocycles. The van der Waals surface area contributed by atoms with Gasteiger partial charge in [-0.25, -0.2) is 9.67 Å². The van der Waals surface area contributed by atoms with Gasteiger partial charge in [0, 0.05) is 7.05 Å². The Kier molecular flexibility index (Phi) is 2.36. The number of hydrogen-bond acceptors (Lipinski definition) is 6. The lowest BCUT2D eigenvalue weighted by atomic mass is 10.3. The zero-order valence-electron chi connectivity index (χ0n) is 8.80. The molecule has 0 aliphatic heterocycles. The summed E-state index contributed by atoms with van der Waals surface area (Å²) in [6.45, 7) is 3.78. The maximum Gasteiger partial charge on any atom is 0.243 e. The van der Waals surface area contributed by atoms with Crippen LogP contribution in [0.3, 0.4) is 0 Å². The van der Waals surface area contributed by atoms with E-state index in [9.17, 15) is 0 Å². The third kappa shape index (κ3) is 1.95. The maximum atomic E-state index is 5.38. The minimum atomic E-state index is -0.0663. The van der Waals surface area contributed by atoms with Crippen LogP contribution in [0.2, 0.25) is 0 Å². The third-order valence-corrected chi connectivity index (χ3v) is 1.98. The van der Waals surface area contributed by atoms with Crippen LogP contribution in [-0.4, -0.2) is 25.2 Å². The van der Waals surface area contributed by atoms with E-state index in [0.717, 1.165) is 5.76 Å². The first-order chi connectivity index (χ1) is 7.16. The summed E-state index contributed by atoms with van der Waals surface area (Å²) in [7, 11) is 1.76. The van der Waals surface area contributed by atoms with E-state index in [0.29, 0.717) is 11.8 Å². The van der Waals surface area contributed by atoms with E-state index in [1.165, 1.54) is 0 Å². The molecule has 0 aliphatic rings. The van der Waals surface area contributed by atoms with Gasteiger partial charge in [-0.15, -0.1) is 0 Å². The standard InChI is InChI=1S/C8H12N6O/c1-5-4-9-7(15-5)6(2)10-8-11-12-13-14(8)3/h4,6H,1-3H3,(H,10,11,13). The molecule has 7 nitrogen and oxygen atoms in total. The molecule has 0 aromatic carbocycles. The second kappa shape index (κ2) is 3.68. The smallest absolute Gasteiger partial charge is 0.243 e. The second-order valence-corrected chi connectivity index (χ2v) is 3.30. The maximum absolute atomic E-state index is 5.38. The summed E-state index contributed by atoms with van der Waals surface area (Å²) < 4.78 is 6.93. The number of nitrogens with zero attached hydrogens (tertiary/aromatic N) is 5. The molecule has 1 N–H and O–H groups in total. The molecule has 2 rings (SSSR count). The normalized spacial score (nSPS) is 12.7. The van der Waals surface area contributed by atoms with Crippen LogP contribution in [0.25, 0.3) is 0 Å². The Morgan fingerprint density at radius 3 is 2.87 bits per heavy atom. The van der Waals surface area contributed by atoms with E-state index in [2.05, 4.69) is 25.8 Å². The summed E-state index contributed by atoms with van der Waals surface area (Å²) in [5, 5.41) is 14.1. The van der Waals surface area contributed by atoms with Gasteiger partial charge in [-0.1, -0.05) is 5.10 Å². The van der Waals surface area contributed by atoms with Crippen molar-refractivity contribution in [1.82, 2.24) is 25.2 Å². The van der Waals surface area contributed by atoms with Crippen molar-refractivity contribution in [3.63, 3.8) is 0 Å². The molecule has 2 aromatic heterocycles. The molecule has 0 bridgehead atoms. The van der Waals surface area contributed by atoms with Gasteiger partial charge < -0.3 is 9.73 Å². The molecule has 7 heteroatoms. The van der Waals surface area contributed by atoms with Crippen LogP contribution < -0.4 is 5.32 Å². The highest BCUT2D eigenvalue weighted by Crippen LogP contribution is 2.16. The topological polar surface area (TPSA) is 81.7 Å². The number of tetrazole rings is 1. The summed E-state index contributed by atoms with van der Waals surface area (Å²) in [5.74, 6) is 1.99. The van der Waals surface area contributed by atoms with Crippen LogP contribution in [0.5, 0.6) is 0 Å². The Hall–Kier alpha value is -1.92. The predicted octanol–water partition coefficient (Wildman–Crippen LogP) is 0.680. The molecule has 0 radical (unpaired) electrons. The van der Waals surface area contributed by atoms with Gasteiger partial charge in [0.05, 0.1) is 6.20 Å². The van der Waals surface area contributed by atoms with Crippen molar-refractivity contribution < 1.29 is 4.42 Å². The van der Waals surface area contributed by atoms with Gasteiger partial charge in [0.25, 0.3) is 0 Å². The van der Waals surface area contributed by atoms with Crippen LogP contribution in [0, 0.1) is 6.92 Å². The lowest BCUT2D eigenvalue weighted by Crippen LogP contribution is -2.11. The third-order valence-electron chi connectivity index (χ3n) is 1.98. The van der Waals surface area contributed by atoms with E-state index in [-0.39, 0.29) is 6.04 Å². The molecule has 0 amide bonds. The van der Waals surface area contributed by atoms with Crippen molar-refractivity contribution in [2.75, 3.05) is 5.32 Å². The number of oxazole rings is 1. The van der Waals surface area contributed by atoms with Crippen molar-refractivity contribution in [3.05, 3.63) is 17.8 Å². The quantitative estimate of drug-likeness (QED) is 0.798. The Labute approximate surface area is 86.5 Å². The first-order valence-corrected chi connectivity index (χ1v) is 4.58. The average molecular weight is 208 g/mol. The zero-order valence-corrected chi connectivity index (χ0v) is 8.80. The molecule has 0 aliphatic carbocycles. The lowest BCUT2D eigenvalue weighted by Gasteiger charge is -2.08. The molecule has 1 atom stereocenters. The van der Waals surface area contributed by atoms with Crippen LogP contribution in [0.4, 0.5) is 5.95 Å². The Morgan fingerprint density at radius 2 is 2.33 bits per heavy atom. The van der Waals surface area contributed by atoms with E-state index in [4.69, 9.17) is 4.42 Å². The van der Waals surface area contributed by atoms with Crippen LogP contribution in [-0.2, 0) is 7.05 Å². The molecule has 0 saturated heterocycles. The van der Waals surface area contributed by atoms with Gasteiger partial charge in [0.15, 0.2) is 0 Å². The van der Waals surface area contributed by atoms with Crippen molar-refractivity contribution in [3.8, 4) is 0 Å². The number of aryl methyl sites for hydroxylation is 2. The summed E-state index contributed by atoms with van der Waals surface area (Å²) in [6, 6.07) is -0.0663. The van der Waals surface area contributed by atoms with Crippen molar-refractivity contribution in [2.24, 2.45) is 7.05 Å². The fourth-order valence-electron chi connectivity index (χ4n) is 1.18. The number of anilines is 1. The largest absolute Gasteiger partial charge is 0.444 e. The van der Waals surface area contributed by atoms with Crippen molar-refractivity contribution >= 4 is 5.95 Å². The summed E-state index contributed by atoms with van der Waals surface area (Å²) in [5.41, 5.74) is 0. The molecular formula is C8H12N6O. The number of hydrogen-bond donors (Lipinski definition) is 1. The monoisotopic (exact) mass is 208 g/mol. The zero-order chi connectivity index (χ0) is 10.8. The average Bonchev–Trinajstić information content (AvgIpc) is 2.77. The highest BCUT2D eigenvalue weighted by molar-refractivity contribution is 5.24. The van der Waals surface area contributed by atoms with Crippen LogP contribution in [0.15, 0.2) is 10.6 Å². The summed E-state index contributed by atoms with van der Waals surface area (Å²) in [4.78, 5) is 4.12. The second-order valence-electron chi connectivity index (χ2n) is 3.30. The highest BCUT2D eigenvalue weighted by atomic mass is 16.4. The molecule has 0 fully saturated rings. The van der Waals surface area contributed by atoms with Crippen molar-refractivity contribution in [2.45, 2.75) is 19.9 Å². The Balaban J connectivity index is 2.10. The minimum Gasteiger partial charge on any atom is -0.444 e. The van der Waals surface area contributed by atoms with Gasteiger partial charge in [-0.3, -0.25) is 0 Å². The number of nitrogens with one attached hydrogen (secondary N) is 1. The van der Waals surface area contributed by atoms with E-state index in [1.54, 1.807) is 17.9 Å². The first-order valence-electron chi connectivity index (χ1n) is 4.58. The van der Waals surface area contributed by atoms with Gasteiger partial charge in [-0.05, 0) is 24.3 Å². The highest BCUT2D eigenvalue weighted by Gasteiger charge is 2.13. The Bertz CT molecular complexity index is 447. The van der Waals surface area contributed by atoms with Crippen LogP contribution in [0.1, 0.15) is 24.6 Å². The molecule has 15 heavy (non-hydrogen) atoms. The SMILES string of the molecule is Cc1cnc(C(C)Nc2nnnn2C)o1. The fourth-order valence-corrected chi connectivity index (χ4v) is 1.18. The number of rotatable bonds is 3. The molecular weight excluding hydrogens is 196 g/mol. The molecule has 2 heterocycles. The van der Waals surface area contributed by atoms with E-state index in [1.807, 2.05) is 13.8 Å². The first kappa shape index (κ1) is 9.63. The lowest BCUT2D eigenvalue weighted by molar-refractivity contribution is 0.452. The molecule has 0 spiro atoms. The summed E-state index contributed by atoms with van der Waals surface area (Å²) >= 11 is 0. The predicted molar refractivity (Wildman–Crippen MR) is 52.1 cm³/mol. The van der Waals surface area contributed by atoms with Gasteiger partial charge >= 0.3 is 0 Å². The van der Waals surface area contributed by atoms with Gasteiger partial charge in [-0.2, -0.15) is 0 Å². The Morgan fingerprint density at radius 1 is 1.53 bits per heavy atom. The summed E-state index contributed by atoms with van der Waals surface area (Å²) in [6.07, 6.45) is 1.68. The fraction of sp³-hybridized carbons (Fsp3) is 0.500. The van der Waals surface area contributed by atoms with E-state index < -0.39 is 0 Å². The van der Waals surface area contributed by atoms with Crippen molar-refractivity contribution in [1.29, 1.82) is 0 Å².